The summed E-state index contributed by atoms with van der Waals surface area (Å²) in [5, 5.41) is 9.07. The van der Waals surface area contributed by atoms with Crippen molar-refractivity contribution in [2.45, 2.75) is 32.7 Å². The van der Waals surface area contributed by atoms with Crippen LogP contribution in [0.4, 0.5) is 5.95 Å². The zero-order valence-corrected chi connectivity index (χ0v) is 20.8. The predicted octanol–water partition coefficient (Wildman–Crippen LogP) is 5.93. The average molecular weight is 499 g/mol. The monoisotopic (exact) mass is 498 g/mol. The topological polar surface area (TPSA) is 78.3 Å². The molecule has 34 heavy (non-hydrogen) atoms. The first-order valence-electron chi connectivity index (χ1n) is 10.9. The van der Waals surface area contributed by atoms with Gasteiger partial charge in [-0.3, -0.25) is 4.79 Å². The minimum Gasteiger partial charge on any atom is -0.493 e. The first-order chi connectivity index (χ1) is 16.2. The fourth-order valence-electron chi connectivity index (χ4n) is 4.70. The summed E-state index contributed by atoms with van der Waals surface area (Å²) < 4.78 is 12.5. The van der Waals surface area contributed by atoms with Gasteiger partial charge in [0.25, 0.3) is 0 Å². The van der Waals surface area contributed by atoms with Gasteiger partial charge in [-0.15, -0.1) is 5.10 Å². The number of ether oxygens (including phenoxy) is 2. The number of benzene rings is 2. The van der Waals surface area contributed by atoms with Crippen LogP contribution in [0.1, 0.15) is 38.3 Å². The Labute approximate surface area is 207 Å². The van der Waals surface area contributed by atoms with Crippen molar-refractivity contribution in [2.24, 2.45) is 5.41 Å². The van der Waals surface area contributed by atoms with Crippen LogP contribution in [0.3, 0.4) is 0 Å². The normalized spacial score (nSPS) is 18.8. The summed E-state index contributed by atoms with van der Waals surface area (Å²) in [4.78, 5) is 18.1. The van der Waals surface area contributed by atoms with E-state index in [0.29, 0.717) is 45.3 Å². The van der Waals surface area contributed by atoms with Gasteiger partial charge in [0.05, 0.1) is 24.3 Å². The Bertz CT molecular complexity index is 1350. The number of Topliss-reactive ketones (excluding diaryl/α,β-unsaturated/α-hetero) is 1. The maximum absolute atomic E-state index is 13.4. The molecule has 0 spiro atoms. The second kappa shape index (κ2) is 8.32. The Kier molecular flexibility index (Phi) is 5.57. The van der Waals surface area contributed by atoms with E-state index in [1.165, 1.54) is 0 Å². The van der Waals surface area contributed by atoms with Crippen molar-refractivity contribution in [3.05, 3.63) is 63.3 Å². The fourth-order valence-corrected chi connectivity index (χ4v) is 5.00. The molecular formula is C25H24Cl2N4O3. The van der Waals surface area contributed by atoms with Gasteiger partial charge >= 0.3 is 0 Å². The summed E-state index contributed by atoms with van der Waals surface area (Å²) in [7, 11) is 3.17. The molecule has 1 aromatic heterocycles. The highest BCUT2D eigenvalue weighted by atomic mass is 35.5. The summed E-state index contributed by atoms with van der Waals surface area (Å²) in [6.45, 7) is 4.19. The first-order valence-corrected chi connectivity index (χ1v) is 11.6. The molecule has 0 radical (unpaired) electrons. The molecule has 7 nitrogen and oxygen atoms in total. The van der Waals surface area contributed by atoms with E-state index in [9.17, 15) is 4.79 Å². The third kappa shape index (κ3) is 3.83. The molecule has 2 aromatic carbocycles. The van der Waals surface area contributed by atoms with Gasteiger partial charge in [0.15, 0.2) is 23.1 Å². The minimum absolute atomic E-state index is 0.0867. The third-order valence-corrected chi connectivity index (χ3v) is 6.97. The lowest BCUT2D eigenvalue weighted by Gasteiger charge is -2.38. The Balaban J connectivity index is 1.67. The zero-order chi connectivity index (χ0) is 24.2. The molecule has 9 heteroatoms. The van der Waals surface area contributed by atoms with Crippen molar-refractivity contribution in [3.8, 4) is 22.9 Å². The molecule has 1 unspecified atom stereocenters. The molecule has 0 saturated carbocycles. The second-order valence-corrected chi connectivity index (χ2v) is 10.1. The van der Waals surface area contributed by atoms with Crippen molar-refractivity contribution in [2.75, 3.05) is 19.5 Å². The number of rotatable bonds is 4. The van der Waals surface area contributed by atoms with Crippen molar-refractivity contribution in [3.63, 3.8) is 0 Å². The summed E-state index contributed by atoms with van der Waals surface area (Å²) in [6, 6.07) is 10.5. The lowest BCUT2D eigenvalue weighted by molar-refractivity contribution is -0.118. The maximum atomic E-state index is 13.4. The molecular weight excluding hydrogens is 475 g/mol. The van der Waals surface area contributed by atoms with Crippen LogP contribution in [0, 0.1) is 5.41 Å². The Morgan fingerprint density at radius 1 is 1.03 bits per heavy atom. The van der Waals surface area contributed by atoms with E-state index >= 15 is 0 Å². The van der Waals surface area contributed by atoms with Gasteiger partial charge in [0, 0.05) is 23.3 Å². The van der Waals surface area contributed by atoms with Crippen molar-refractivity contribution >= 4 is 34.9 Å². The van der Waals surface area contributed by atoms with Gasteiger partial charge in [0.1, 0.15) is 6.04 Å². The van der Waals surface area contributed by atoms with Crippen LogP contribution in [-0.4, -0.2) is 34.8 Å². The SMILES string of the molecule is COc1ccc(-c2nc3n(n2)C(c2ccc(Cl)c(Cl)c2)C2=C(CC(C)(C)CC2=O)N3)cc1OC. The summed E-state index contributed by atoms with van der Waals surface area (Å²) in [5.74, 6) is 2.34. The van der Waals surface area contributed by atoms with Crippen LogP contribution in [0.2, 0.25) is 10.0 Å². The Morgan fingerprint density at radius 2 is 1.79 bits per heavy atom. The lowest BCUT2D eigenvalue weighted by atomic mass is 9.73. The molecule has 0 saturated heterocycles. The highest BCUT2D eigenvalue weighted by Gasteiger charge is 2.42. The molecule has 2 heterocycles. The van der Waals surface area contributed by atoms with Crippen LogP contribution in [0.25, 0.3) is 11.4 Å². The predicted molar refractivity (Wildman–Crippen MR) is 132 cm³/mol. The maximum Gasteiger partial charge on any atom is 0.226 e. The number of hydrogen-bond donors (Lipinski definition) is 1. The van der Waals surface area contributed by atoms with Gasteiger partial charge in [-0.25, -0.2) is 4.68 Å². The van der Waals surface area contributed by atoms with Gasteiger partial charge in [-0.05, 0) is 47.7 Å². The van der Waals surface area contributed by atoms with Crippen molar-refractivity contribution in [1.29, 1.82) is 0 Å². The van der Waals surface area contributed by atoms with Crippen LogP contribution in [0.15, 0.2) is 47.7 Å². The van der Waals surface area contributed by atoms with Crippen molar-refractivity contribution in [1.82, 2.24) is 14.8 Å². The fraction of sp³-hybridized carbons (Fsp3) is 0.320. The standard InChI is InChI=1S/C25H24Cl2N4O3/c1-25(2)11-17-21(18(32)12-25)22(13-5-7-15(26)16(27)9-13)31-24(28-17)29-23(30-31)14-6-8-19(33-3)20(10-14)34-4/h5-10,22H,11-12H2,1-4H3,(H,28,29,30). The minimum atomic E-state index is -0.467. The first kappa shape index (κ1) is 22.7. The van der Waals surface area contributed by atoms with Crippen LogP contribution < -0.4 is 14.8 Å². The molecule has 176 valence electrons. The van der Waals surface area contributed by atoms with E-state index in [1.807, 2.05) is 24.3 Å². The number of methoxy groups -OCH3 is 2. The van der Waals surface area contributed by atoms with Crippen LogP contribution >= 0.6 is 23.2 Å². The number of carbonyl (C=O) groups is 1. The molecule has 1 atom stereocenters. The number of anilines is 1. The zero-order valence-electron chi connectivity index (χ0n) is 19.3. The van der Waals surface area contributed by atoms with Gasteiger partial charge in [-0.1, -0.05) is 43.1 Å². The van der Waals surface area contributed by atoms with Crippen LogP contribution in [-0.2, 0) is 4.79 Å². The largest absolute Gasteiger partial charge is 0.493 e. The molecule has 2 aliphatic rings. The molecule has 1 aliphatic carbocycles. The Hall–Kier alpha value is -3.03. The highest BCUT2D eigenvalue weighted by molar-refractivity contribution is 6.42. The number of halogens is 2. The quantitative estimate of drug-likeness (QED) is 0.480. The lowest BCUT2D eigenvalue weighted by Crippen LogP contribution is -2.36. The number of allylic oxidation sites excluding steroid dienone is 2. The van der Waals surface area contributed by atoms with E-state index < -0.39 is 6.04 Å². The van der Waals surface area contributed by atoms with Crippen molar-refractivity contribution < 1.29 is 14.3 Å². The van der Waals surface area contributed by atoms with E-state index in [-0.39, 0.29) is 11.2 Å². The number of nitrogens with one attached hydrogen (secondary N) is 1. The third-order valence-electron chi connectivity index (χ3n) is 6.23. The number of hydrogen-bond acceptors (Lipinski definition) is 6. The Morgan fingerprint density at radius 3 is 2.50 bits per heavy atom. The molecule has 0 amide bonds. The van der Waals surface area contributed by atoms with Gasteiger partial charge in [-0.2, -0.15) is 4.98 Å². The second-order valence-electron chi connectivity index (χ2n) is 9.31. The van der Waals surface area contributed by atoms with E-state index in [2.05, 4.69) is 19.2 Å². The molecule has 5 rings (SSSR count). The van der Waals surface area contributed by atoms with E-state index in [0.717, 1.165) is 23.2 Å². The van der Waals surface area contributed by atoms with Gasteiger partial charge in [0.2, 0.25) is 5.95 Å². The number of fused-ring (bicyclic) bond motifs is 1. The summed E-state index contributed by atoms with van der Waals surface area (Å²) >= 11 is 12.5. The summed E-state index contributed by atoms with van der Waals surface area (Å²) in [5.41, 5.74) is 2.99. The number of nitrogens with zero attached hydrogens (tertiary/aromatic N) is 3. The molecule has 0 fully saturated rings. The number of ketones is 1. The highest BCUT2D eigenvalue weighted by Crippen LogP contribution is 2.46. The van der Waals surface area contributed by atoms with Gasteiger partial charge < -0.3 is 14.8 Å². The average Bonchev–Trinajstić information content (AvgIpc) is 3.22. The molecule has 3 aromatic rings. The van der Waals surface area contributed by atoms with Crippen LogP contribution in [0.5, 0.6) is 11.5 Å². The molecule has 0 bridgehead atoms. The summed E-state index contributed by atoms with van der Waals surface area (Å²) in [6.07, 6.45) is 1.18. The molecule has 1 N–H and O–H groups in total. The number of carbonyl (C=O) groups excluding carboxylic acids is 1. The van der Waals surface area contributed by atoms with E-state index in [4.69, 9.17) is 42.8 Å². The number of aromatic nitrogens is 3. The molecule has 1 aliphatic heterocycles. The van der Waals surface area contributed by atoms with E-state index in [1.54, 1.807) is 31.0 Å². The smallest absolute Gasteiger partial charge is 0.226 e.